The van der Waals surface area contributed by atoms with Crippen LogP contribution in [0, 0.1) is 11.6 Å². The van der Waals surface area contributed by atoms with Crippen molar-refractivity contribution in [2.75, 3.05) is 20.3 Å². The second-order valence-electron chi connectivity index (χ2n) is 4.55. The van der Waals surface area contributed by atoms with E-state index in [2.05, 4.69) is 0 Å². The molecule has 1 fully saturated rings. The third kappa shape index (κ3) is 2.62. The molecule has 1 aromatic rings. The zero-order valence-electron chi connectivity index (χ0n) is 10.7. The van der Waals surface area contributed by atoms with Crippen LogP contribution in [-0.2, 0) is 4.74 Å². The molecule has 0 radical (unpaired) electrons. The van der Waals surface area contributed by atoms with Crippen molar-refractivity contribution >= 4 is 11.9 Å². The van der Waals surface area contributed by atoms with E-state index in [0.29, 0.717) is 31.8 Å². The SMILES string of the molecule is CN(C(=O)c1cc(F)c(F)cc1C(=O)O)C1CCOC1. The van der Waals surface area contributed by atoms with E-state index in [1.54, 1.807) is 0 Å². The van der Waals surface area contributed by atoms with Crippen LogP contribution >= 0.6 is 0 Å². The van der Waals surface area contributed by atoms with E-state index < -0.39 is 29.1 Å². The topological polar surface area (TPSA) is 66.8 Å². The number of halogens is 2. The second kappa shape index (κ2) is 5.54. The van der Waals surface area contributed by atoms with E-state index in [1.165, 1.54) is 11.9 Å². The molecule has 0 aromatic heterocycles. The minimum atomic E-state index is -1.48. The van der Waals surface area contributed by atoms with Crippen LogP contribution in [-0.4, -0.2) is 48.2 Å². The standard InChI is InChI=1S/C13H13F2NO4/c1-16(7-2-3-20-6-7)12(17)8-4-10(14)11(15)5-9(8)13(18)19/h4-5,7H,2-3,6H2,1H3,(H,18,19). The molecule has 1 atom stereocenters. The lowest BCUT2D eigenvalue weighted by Gasteiger charge is -2.23. The Hall–Kier alpha value is -2.02. The van der Waals surface area contributed by atoms with Crippen LogP contribution in [0.2, 0.25) is 0 Å². The molecule has 7 heteroatoms. The molecule has 1 amide bonds. The molecule has 20 heavy (non-hydrogen) atoms. The van der Waals surface area contributed by atoms with Crippen LogP contribution in [0.4, 0.5) is 8.78 Å². The van der Waals surface area contributed by atoms with Gasteiger partial charge in [0.25, 0.3) is 5.91 Å². The van der Waals surface area contributed by atoms with Crippen LogP contribution in [0.5, 0.6) is 0 Å². The number of carboxylic acids is 1. The Morgan fingerprint density at radius 2 is 1.90 bits per heavy atom. The molecule has 1 aliphatic rings. The van der Waals surface area contributed by atoms with Crippen molar-refractivity contribution in [2.24, 2.45) is 0 Å². The van der Waals surface area contributed by atoms with Crippen LogP contribution in [0.25, 0.3) is 0 Å². The highest BCUT2D eigenvalue weighted by molar-refractivity contribution is 6.04. The summed E-state index contributed by atoms with van der Waals surface area (Å²) in [6.07, 6.45) is 0.619. The fourth-order valence-corrected chi connectivity index (χ4v) is 2.08. The van der Waals surface area contributed by atoms with E-state index in [0.717, 1.165) is 0 Å². The molecule has 1 saturated heterocycles. The van der Waals surface area contributed by atoms with Crippen LogP contribution in [0.1, 0.15) is 27.1 Å². The molecule has 0 saturated carbocycles. The lowest BCUT2D eigenvalue weighted by atomic mass is 10.0. The molecule has 108 valence electrons. The lowest BCUT2D eigenvalue weighted by molar-refractivity contribution is 0.0661. The number of hydrogen-bond acceptors (Lipinski definition) is 3. The molecule has 0 bridgehead atoms. The minimum absolute atomic E-state index is 0.197. The van der Waals surface area contributed by atoms with Gasteiger partial charge in [-0.25, -0.2) is 13.6 Å². The maximum Gasteiger partial charge on any atom is 0.336 e. The summed E-state index contributed by atoms with van der Waals surface area (Å²) in [5.74, 6) is -4.71. The zero-order chi connectivity index (χ0) is 14.9. The average Bonchev–Trinajstić information content (AvgIpc) is 2.93. The van der Waals surface area contributed by atoms with Gasteiger partial charge in [0, 0.05) is 13.7 Å². The normalized spacial score (nSPS) is 18.1. The van der Waals surface area contributed by atoms with Crippen molar-refractivity contribution in [1.82, 2.24) is 4.90 Å². The van der Waals surface area contributed by atoms with Gasteiger partial charge in [-0.15, -0.1) is 0 Å². The highest BCUT2D eigenvalue weighted by Gasteiger charge is 2.28. The zero-order valence-corrected chi connectivity index (χ0v) is 10.7. The van der Waals surface area contributed by atoms with E-state index in [9.17, 15) is 18.4 Å². The number of rotatable bonds is 3. The van der Waals surface area contributed by atoms with E-state index in [4.69, 9.17) is 9.84 Å². The smallest absolute Gasteiger partial charge is 0.336 e. The molecular weight excluding hydrogens is 272 g/mol. The largest absolute Gasteiger partial charge is 0.478 e. The van der Waals surface area contributed by atoms with Gasteiger partial charge in [0.05, 0.1) is 23.8 Å². The third-order valence-electron chi connectivity index (χ3n) is 3.29. The highest BCUT2D eigenvalue weighted by atomic mass is 19.2. The summed E-state index contributed by atoms with van der Waals surface area (Å²) in [6, 6.07) is 0.939. The first-order valence-corrected chi connectivity index (χ1v) is 5.99. The van der Waals surface area contributed by atoms with Gasteiger partial charge in [-0.05, 0) is 18.6 Å². The number of carbonyl (C=O) groups excluding carboxylic acids is 1. The molecule has 1 heterocycles. The number of aromatic carboxylic acids is 1. The molecule has 2 rings (SSSR count). The van der Waals surface area contributed by atoms with Crippen molar-refractivity contribution in [3.8, 4) is 0 Å². The van der Waals surface area contributed by atoms with Crippen molar-refractivity contribution < 1.29 is 28.2 Å². The van der Waals surface area contributed by atoms with E-state index in [1.807, 2.05) is 0 Å². The summed E-state index contributed by atoms with van der Waals surface area (Å²) in [4.78, 5) is 24.6. The molecule has 0 aliphatic carbocycles. The van der Waals surface area contributed by atoms with E-state index in [-0.39, 0.29) is 11.6 Å². The second-order valence-corrected chi connectivity index (χ2v) is 4.55. The van der Waals surface area contributed by atoms with Crippen molar-refractivity contribution in [1.29, 1.82) is 0 Å². The molecule has 5 nitrogen and oxygen atoms in total. The minimum Gasteiger partial charge on any atom is -0.478 e. The maximum absolute atomic E-state index is 13.3. The first kappa shape index (κ1) is 14.4. The highest BCUT2D eigenvalue weighted by Crippen LogP contribution is 2.20. The number of nitrogens with zero attached hydrogens (tertiary/aromatic N) is 1. The van der Waals surface area contributed by atoms with E-state index >= 15 is 0 Å². The number of carbonyl (C=O) groups is 2. The summed E-state index contributed by atoms with van der Waals surface area (Å²) in [5, 5.41) is 8.99. The molecular formula is C13H13F2NO4. The van der Waals surface area contributed by atoms with Gasteiger partial charge in [0.15, 0.2) is 11.6 Å². The fraction of sp³-hybridized carbons (Fsp3) is 0.385. The van der Waals surface area contributed by atoms with Crippen LogP contribution in [0.3, 0.4) is 0 Å². The first-order valence-electron chi connectivity index (χ1n) is 5.99. The fourth-order valence-electron chi connectivity index (χ4n) is 2.08. The predicted molar refractivity (Wildman–Crippen MR) is 64.6 cm³/mol. The summed E-state index contributed by atoms with van der Waals surface area (Å²) in [7, 11) is 1.48. The number of likely N-dealkylation sites (N-methyl/N-ethyl adjacent to an activating group) is 1. The molecule has 0 spiro atoms. The number of ether oxygens (including phenoxy) is 1. The van der Waals surface area contributed by atoms with Gasteiger partial charge < -0.3 is 14.7 Å². The Balaban J connectivity index is 2.37. The van der Waals surface area contributed by atoms with Gasteiger partial charge in [0.2, 0.25) is 0 Å². The lowest BCUT2D eigenvalue weighted by Crippen LogP contribution is -2.38. The van der Waals surface area contributed by atoms with Crippen LogP contribution < -0.4 is 0 Å². The number of hydrogen-bond donors (Lipinski definition) is 1. The molecule has 1 N–H and O–H groups in total. The predicted octanol–water partition coefficient (Wildman–Crippen LogP) is 1.52. The van der Waals surface area contributed by atoms with Gasteiger partial charge in [-0.3, -0.25) is 4.79 Å². The molecule has 1 unspecified atom stereocenters. The number of carboxylic acid groups (broad SMARTS) is 1. The number of amides is 1. The average molecular weight is 285 g/mol. The third-order valence-corrected chi connectivity index (χ3v) is 3.29. The van der Waals surface area contributed by atoms with Gasteiger partial charge in [-0.1, -0.05) is 0 Å². The van der Waals surface area contributed by atoms with Crippen molar-refractivity contribution in [3.05, 3.63) is 34.9 Å². The van der Waals surface area contributed by atoms with Gasteiger partial charge in [0.1, 0.15) is 0 Å². The van der Waals surface area contributed by atoms with Crippen molar-refractivity contribution in [2.45, 2.75) is 12.5 Å². The summed E-state index contributed by atoms with van der Waals surface area (Å²) < 4.78 is 31.5. The van der Waals surface area contributed by atoms with Crippen LogP contribution in [0.15, 0.2) is 12.1 Å². The molecule has 1 aliphatic heterocycles. The Morgan fingerprint density at radius 1 is 1.30 bits per heavy atom. The summed E-state index contributed by atoms with van der Waals surface area (Å²) in [5.41, 5.74) is -0.925. The van der Waals surface area contributed by atoms with Gasteiger partial charge >= 0.3 is 5.97 Å². The molecule has 1 aromatic carbocycles. The Kier molecular flexibility index (Phi) is 3.99. The quantitative estimate of drug-likeness (QED) is 0.914. The first-order chi connectivity index (χ1) is 9.41. The monoisotopic (exact) mass is 285 g/mol. The van der Waals surface area contributed by atoms with Gasteiger partial charge in [-0.2, -0.15) is 0 Å². The van der Waals surface area contributed by atoms with Crippen molar-refractivity contribution in [3.63, 3.8) is 0 Å². The summed E-state index contributed by atoms with van der Waals surface area (Å²) in [6.45, 7) is 0.847. The number of benzene rings is 1. The maximum atomic E-state index is 13.3. The Morgan fingerprint density at radius 3 is 2.40 bits per heavy atom. The Labute approximate surface area is 113 Å². The Bertz CT molecular complexity index is 556. The summed E-state index contributed by atoms with van der Waals surface area (Å²) >= 11 is 0.